The van der Waals surface area contributed by atoms with E-state index in [1.165, 1.54) is 29.8 Å². The summed E-state index contributed by atoms with van der Waals surface area (Å²) in [6, 6.07) is 0. The highest BCUT2D eigenvalue weighted by Crippen LogP contribution is 2.38. The number of terminal acetylenes is 1. The van der Waals surface area contributed by atoms with E-state index in [-0.39, 0.29) is 54.7 Å². The van der Waals surface area contributed by atoms with E-state index in [1.54, 1.807) is 0 Å². The maximum Gasteiger partial charge on any atom is 0.519 e. The van der Waals surface area contributed by atoms with Crippen LogP contribution in [0.1, 0.15) is 43.4 Å². The molecule has 0 spiro atoms. The Balaban J connectivity index is 1.23. The number of aromatic nitrogens is 4. The predicted molar refractivity (Wildman–Crippen MR) is 126 cm³/mol. The van der Waals surface area contributed by atoms with Crippen LogP contribution in [-0.4, -0.2) is 62.3 Å². The van der Waals surface area contributed by atoms with Gasteiger partial charge in [0.1, 0.15) is 12.8 Å². The zero-order valence-corrected chi connectivity index (χ0v) is 20.6. The van der Waals surface area contributed by atoms with Crippen molar-refractivity contribution in [1.82, 2.24) is 24.4 Å². The van der Waals surface area contributed by atoms with Crippen LogP contribution >= 0.6 is 0 Å². The summed E-state index contributed by atoms with van der Waals surface area (Å²) in [7, 11) is 1.50. The third kappa shape index (κ3) is 5.75. The molecule has 0 aliphatic carbocycles. The maximum absolute atomic E-state index is 13.7. The lowest BCUT2D eigenvalue weighted by Gasteiger charge is -2.24. The molecule has 2 atom stereocenters. The van der Waals surface area contributed by atoms with Gasteiger partial charge in [0.15, 0.2) is 40.7 Å². The number of hydrogen-bond donors (Lipinski definition) is 1. The van der Waals surface area contributed by atoms with Gasteiger partial charge in [-0.05, 0) is 26.2 Å². The first kappa shape index (κ1) is 26.6. The molecule has 1 saturated heterocycles. The Morgan fingerprint density at radius 3 is 2.87 bits per heavy atom. The number of nitrogen functional groups attached to an aromatic ring is 1. The van der Waals surface area contributed by atoms with Crippen molar-refractivity contribution in [3.63, 3.8) is 0 Å². The Labute approximate surface area is 214 Å². The molecule has 2 N–H and O–H groups in total. The molecule has 0 bridgehead atoms. The van der Waals surface area contributed by atoms with Gasteiger partial charge in [-0.2, -0.15) is 14.4 Å². The van der Waals surface area contributed by atoms with E-state index in [9.17, 15) is 18.8 Å². The van der Waals surface area contributed by atoms with E-state index in [2.05, 4.69) is 20.9 Å². The summed E-state index contributed by atoms with van der Waals surface area (Å²) in [5.74, 6) is 1.39. The second-order valence-corrected chi connectivity index (χ2v) is 8.63. The lowest BCUT2D eigenvalue weighted by molar-refractivity contribution is -0.152. The van der Waals surface area contributed by atoms with E-state index in [0.717, 1.165) is 0 Å². The number of nitrogens with two attached hydrogens (primary N) is 1. The molecule has 3 aromatic heterocycles. The predicted octanol–water partition coefficient (Wildman–Crippen LogP) is 1.68. The summed E-state index contributed by atoms with van der Waals surface area (Å²) in [6.07, 6.45) is 5.94. The lowest BCUT2D eigenvalue weighted by Crippen LogP contribution is -2.34. The summed E-state index contributed by atoms with van der Waals surface area (Å²) >= 11 is 0. The van der Waals surface area contributed by atoms with Crippen LogP contribution in [0.4, 0.5) is 15.0 Å². The van der Waals surface area contributed by atoms with Gasteiger partial charge in [0.25, 0.3) is 0 Å². The standard InChI is InChI=1S/C23H25FN6O8/c1-4-23(8-7-15(38-23)30-12-26-17-18(25)27-20(24)28-19(17)30)11-35-16(31)6-5-9-29(3)21(32)34-10-14-13(2)36-22(33)37-14/h1,12,15H,5-11H2,2-3H3,(H2,25,27,28). The van der Waals surface area contributed by atoms with Gasteiger partial charge in [-0.1, -0.05) is 5.92 Å². The highest BCUT2D eigenvalue weighted by atomic mass is 19.1. The summed E-state index contributed by atoms with van der Waals surface area (Å²) in [5.41, 5.74) is 4.92. The second kappa shape index (κ2) is 10.9. The number of carbonyl (C=O) groups excluding carboxylic acids is 2. The van der Waals surface area contributed by atoms with E-state index >= 15 is 0 Å². The molecule has 0 aromatic carbocycles. The van der Waals surface area contributed by atoms with Crippen molar-refractivity contribution in [3.05, 3.63) is 34.5 Å². The highest BCUT2D eigenvalue weighted by molar-refractivity contribution is 5.81. The van der Waals surface area contributed by atoms with Crippen LogP contribution in [0, 0.1) is 25.3 Å². The minimum Gasteiger partial charge on any atom is -0.462 e. The van der Waals surface area contributed by atoms with Crippen LogP contribution in [0.15, 0.2) is 20.0 Å². The Morgan fingerprint density at radius 2 is 2.16 bits per heavy atom. The van der Waals surface area contributed by atoms with Crippen molar-refractivity contribution in [2.75, 3.05) is 25.9 Å². The topological polar surface area (TPSA) is 178 Å². The van der Waals surface area contributed by atoms with Gasteiger partial charge < -0.3 is 33.7 Å². The molecule has 0 radical (unpaired) electrons. The number of halogens is 1. The number of ether oxygens (including phenoxy) is 3. The smallest absolute Gasteiger partial charge is 0.462 e. The van der Waals surface area contributed by atoms with Gasteiger partial charge in [0.2, 0.25) is 0 Å². The van der Waals surface area contributed by atoms with Gasteiger partial charge in [-0.25, -0.2) is 14.6 Å². The zero-order chi connectivity index (χ0) is 27.4. The minimum atomic E-state index is -1.19. The highest BCUT2D eigenvalue weighted by Gasteiger charge is 2.41. The van der Waals surface area contributed by atoms with Crippen molar-refractivity contribution < 1.29 is 37.0 Å². The van der Waals surface area contributed by atoms with Gasteiger partial charge >= 0.3 is 24.0 Å². The number of anilines is 1. The second-order valence-electron chi connectivity index (χ2n) is 8.63. The minimum absolute atomic E-state index is 0.0129. The first-order chi connectivity index (χ1) is 18.1. The largest absolute Gasteiger partial charge is 0.519 e. The molecule has 1 amide bonds. The molecule has 14 nitrogen and oxygen atoms in total. The number of esters is 1. The average Bonchev–Trinajstić information content (AvgIpc) is 3.58. The molecule has 15 heteroatoms. The molecule has 2 unspecified atom stereocenters. The fraction of sp³-hybridized carbons (Fsp3) is 0.478. The van der Waals surface area contributed by atoms with Crippen LogP contribution in [0.3, 0.4) is 0 Å². The Hall–Kier alpha value is -4.45. The molecule has 1 aliphatic rings. The lowest BCUT2D eigenvalue weighted by atomic mass is 10.0. The van der Waals surface area contributed by atoms with Crippen LogP contribution in [0.5, 0.6) is 0 Å². The van der Waals surface area contributed by atoms with Crippen molar-refractivity contribution in [2.24, 2.45) is 0 Å². The normalized spacial score (nSPS) is 18.8. The van der Waals surface area contributed by atoms with Gasteiger partial charge in [-0.3, -0.25) is 9.36 Å². The fourth-order valence-corrected chi connectivity index (χ4v) is 3.87. The number of hydrogen-bond acceptors (Lipinski definition) is 12. The zero-order valence-electron chi connectivity index (χ0n) is 20.6. The molecule has 38 heavy (non-hydrogen) atoms. The number of aryl methyl sites for hydroxylation is 1. The molecule has 1 fully saturated rings. The molecular formula is C23H25FN6O8. The Bertz CT molecular complexity index is 1440. The summed E-state index contributed by atoms with van der Waals surface area (Å²) in [4.78, 5) is 48.0. The number of rotatable bonds is 9. The van der Waals surface area contributed by atoms with E-state index < -0.39 is 35.8 Å². The summed E-state index contributed by atoms with van der Waals surface area (Å²) in [5, 5.41) is 0. The monoisotopic (exact) mass is 532 g/mol. The first-order valence-corrected chi connectivity index (χ1v) is 11.5. The summed E-state index contributed by atoms with van der Waals surface area (Å²) < 4.78 is 41.1. The number of amides is 1. The van der Waals surface area contributed by atoms with Gasteiger partial charge in [0, 0.05) is 20.0 Å². The summed E-state index contributed by atoms with van der Waals surface area (Å²) in [6.45, 7) is 1.26. The Morgan fingerprint density at radius 1 is 1.37 bits per heavy atom. The number of imidazole rings is 1. The molecule has 4 heterocycles. The SMILES string of the molecule is C#CC1(COC(=O)CCCN(C)C(=O)OCc2oc(=O)oc2C)CCC(n2cnc3c(N)nc(F)nc32)O1. The van der Waals surface area contributed by atoms with Crippen LogP contribution < -0.4 is 11.6 Å². The van der Waals surface area contributed by atoms with Gasteiger partial charge in [0.05, 0.1) is 6.33 Å². The van der Waals surface area contributed by atoms with Crippen LogP contribution in [-0.2, 0) is 25.6 Å². The quantitative estimate of drug-likeness (QED) is 0.240. The van der Waals surface area contributed by atoms with Crippen LogP contribution in [0.25, 0.3) is 11.2 Å². The molecule has 3 aromatic rings. The van der Waals surface area contributed by atoms with Gasteiger partial charge in [-0.15, -0.1) is 6.42 Å². The van der Waals surface area contributed by atoms with Crippen molar-refractivity contribution in [2.45, 2.75) is 51.0 Å². The molecule has 4 rings (SSSR count). The third-order valence-corrected chi connectivity index (χ3v) is 5.97. The van der Waals surface area contributed by atoms with Crippen molar-refractivity contribution in [3.8, 4) is 12.3 Å². The Kier molecular flexibility index (Phi) is 7.62. The fourth-order valence-electron chi connectivity index (χ4n) is 3.87. The van der Waals surface area contributed by atoms with E-state index in [0.29, 0.717) is 19.3 Å². The van der Waals surface area contributed by atoms with E-state index in [4.69, 9.17) is 35.2 Å². The molecule has 202 valence electrons. The number of nitrogens with zero attached hydrogens (tertiary/aromatic N) is 5. The molecule has 0 saturated carbocycles. The van der Waals surface area contributed by atoms with Crippen LogP contribution in [0.2, 0.25) is 0 Å². The number of fused-ring (bicyclic) bond motifs is 1. The average molecular weight is 532 g/mol. The maximum atomic E-state index is 13.7. The molecule has 1 aliphatic heterocycles. The van der Waals surface area contributed by atoms with Crippen molar-refractivity contribution >= 4 is 29.0 Å². The van der Waals surface area contributed by atoms with Crippen molar-refractivity contribution in [1.29, 1.82) is 0 Å². The number of carbonyl (C=O) groups is 2. The first-order valence-electron chi connectivity index (χ1n) is 11.5. The molecular weight excluding hydrogens is 507 g/mol. The third-order valence-electron chi connectivity index (χ3n) is 5.97. The van der Waals surface area contributed by atoms with E-state index in [1.807, 2.05) is 0 Å².